The van der Waals surface area contributed by atoms with E-state index in [4.69, 9.17) is 0 Å². The third-order valence-corrected chi connectivity index (χ3v) is 3.62. The van der Waals surface area contributed by atoms with Crippen LogP contribution in [0.1, 0.15) is 5.69 Å². The van der Waals surface area contributed by atoms with Gasteiger partial charge in [-0.2, -0.15) is 0 Å². The first-order valence-electron chi connectivity index (χ1n) is 7.42. The zero-order valence-electron chi connectivity index (χ0n) is 13.2. The van der Waals surface area contributed by atoms with Crippen LogP contribution in [0.3, 0.4) is 0 Å². The second kappa shape index (κ2) is 6.40. The van der Waals surface area contributed by atoms with Crippen molar-refractivity contribution < 1.29 is 5.11 Å². The van der Waals surface area contributed by atoms with Crippen molar-refractivity contribution >= 4 is 17.6 Å². The highest BCUT2D eigenvalue weighted by atomic mass is 16.3. The van der Waals surface area contributed by atoms with Crippen LogP contribution in [0.25, 0.3) is 5.69 Å². The fourth-order valence-corrected chi connectivity index (χ4v) is 2.33. The second-order valence-corrected chi connectivity index (χ2v) is 5.49. The van der Waals surface area contributed by atoms with Gasteiger partial charge in [-0.15, -0.1) is 0 Å². The van der Waals surface area contributed by atoms with Crippen LogP contribution in [0.15, 0.2) is 71.9 Å². The van der Waals surface area contributed by atoms with E-state index in [2.05, 4.69) is 38.7 Å². The van der Waals surface area contributed by atoms with Crippen molar-refractivity contribution in [1.82, 2.24) is 4.57 Å². The number of hydrogen-bond donors (Lipinski definition) is 1. The molecule has 1 aromatic heterocycles. The van der Waals surface area contributed by atoms with Gasteiger partial charge in [-0.1, -0.05) is 0 Å². The molecule has 0 saturated heterocycles. The summed E-state index contributed by atoms with van der Waals surface area (Å²) in [6.07, 6.45) is 3.84. The molecule has 0 unspecified atom stereocenters. The molecule has 0 fully saturated rings. The van der Waals surface area contributed by atoms with Crippen LogP contribution in [0.4, 0.5) is 11.4 Å². The monoisotopic (exact) mass is 305 g/mol. The first kappa shape index (κ1) is 14.9. The van der Waals surface area contributed by atoms with Crippen molar-refractivity contribution in [3.63, 3.8) is 0 Å². The normalized spacial score (nSPS) is 11.0. The zero-order valence-corrected chi connectivity index (χ0v) is 13.2. The third kappa shape index (κ3) is 3.43. The highest BCUT2D eigenvalue weighted by molar-refractivity contribution is 5.81. The Balaban J connectivity index is 1.85. The molecule has 4 nitrogen and oxygen atoms in total. The SMILES string of the molecule is CN(C)c1ccc(-n2cccc2C=Nc2ccc(O)cc2)cc1. The van der Waals surface area contributed by atoms with Gasteiger partial charge in [0.25, 0.3) is 0 Å². The Bertz CT molecular complexity index is 799. The lowest BCUT2D eigenvalue weighted by atomic mass is 10.2. The van der Waals surface area contributed by atoms with Gasteiger partial charge in [0.15, 0.2) is 0 Å². The van der Waals surface area contributed by atoms with E-state index in [-0.39, 0.29) is 5.75 Å². The van der Waals surface area contributed by atoms with E-state index < -0.39 is 0 Å². The molecule has 0 bridgehead atoms. The lowest BCUT2D eigenvalue weighted by Gasteiger charge is -2.13. The maximum Gasteiger partial charge on any atom is 0.115 e. The molecule has 3 aromatic rings. The van der Waals surface area contributed by atoms with Crippen molar-refractivity contribution in [3.8, 4) is 11.4 Å². The number of aromatic hydroxyl groups is 1. The molecule has 2 aromatic carbocycles. The molecular weight excluding hydrogens is 286 g/mol. The summed E-state index contributed by atoms with van der Waals surface area (Å²) < 4.78 is 2.09. The third-order valence-electron chi connectivity index (χ3n) is 3.62. The molecule has 0 atom stereocenters. The molecule has 0 spiro atoms. The lowest BCUT2D eigenvalue weighted by molar-refractivity contribution is 0.475. The smallest absolute Gasteiger partial charge is 0.115 e. The van der Waals surface area contributed by atoms with Crippen LogP contribution in [0.5, 0.6) is 5.75 Å². The first-order valence-corrected chi connectivity index (χ1v) is 7.42. The van der Waals surface area contributed by atoms with Crippen LogP contribution >= 0.6 is 0 Å². The van der Waals surface area contributed by atoms with E-state index in [1.54, 1.807) is 24.3 Å². The summed E-state index contributed by atoms with van der Waals surface area (Å²) in [6.45, 7) is 0. The van der Waals surface area contributed by atoms with Gasteiger partial charge in [-0.25, -0.2) is 0 Å². The van der Waals surface area contributed by atoms with E-state index in [1.165, 1.54) is 5.69 Å². The molecule has 1 N–H and O–H groups in total. The standard InChI is InChI=1S/C19H19N3O/c1-21(2)16-7-9-17(10-8-16)22-13-3-4-18(22)14-20-15-5-11-19(23)12-6-15/h3-14,23H,1-2H3. The number of phenolic OH excluding ortho intramolecular Hbond substituents is 1. The Morgan fingerprint density at radius 1 is 0.957 bits per heavy atom. The summed E-state index contributed by atoms with van der Waals surface area (Å²) in [4.78, 5) is 6.53. The summed E-state index contributed by atoms with van der Waals surface area (Å²) in [5.41, 5.74) is 4.06. The van der Waals surface area contributed by atoms with Gasteiger partial charge in [-0.3, -0.25) is 4.99 Å². The van der Waals surface area contributed by atoms with E-state index in [1.807, 2.05) is 38.6 Å². The quantitative estimate of drug-likeness (QED) is 0.740. The van der Waals surface area contributed by atoms with E-state index in [0.717, 1.165) is 17.1 Å². The summed E-state index contributed by atoms with van der Waals surface area (Å²) in [5, 5.41) is 9.30. The molecule has 0 aliphatic carbocycles. The average Bonchev–Trinajstić information content (AvgIpc) is 3.03. The summed E-state index contributed by atoms with van der Waals surface area (Å²) in [6, 6.07) is 19.2. The van der Waals surface area contributed by atoms with Crippen molar-refractivity contribution in [3.05, 3.63) is 72.6 Å². The van der Waals surface area contributed by atoms with Gasteiger partial charge in [0.1, 0.15) is 5.75 Å². The van der Waals surface area contributed by atoms with Crippen molar-refractivity contribution in [2.24, 2.45) is 4.99 Å². The molecule has 0 saturated carbocycles. The van der Waals surface area contributed by atoms with Crippen molar-refractivity contribution in [1.29, 1.82) is 0 Å². The number of anilines is 1. The van der Waals surface area contributed by atoms with Crippen molar-refractivity contribution in [2.45, 2.75) is 0 Å². The fraction of sp³-hybridized carbons (Fsp3) is 0.105. The first-order chi connectivity index (χ1) is 11.1. The molecule has 0 aliphatic heterocycles. The van der Waals surface area contributed by atoms with Gasteiger partial charge in [0.2, 0.25) is 0 Å². The van der Waals surface area contributed by atoms with Crippen LogP contribution in [0.2, 0.25) is 0 Å². The van der Waals surface area contributed by atoms with Crippen LogP contribution in [0, 0.1) is 0 Å². The van der Waals surface area contributed by atoms with E-state index in [0.29, 0.717) is 0 Å². The van der Waals surface area contributed by atoms with Crippen LogP contribution in [-0.4, -0.2) is 30.0 Å². The molecule has 3 rings (SSSR count). The second-order valence-electron chi connectivity index (χ2n) is 5.49. The molecule has 116 valence electrons. The minimum atomic E-state index is 0.244. The molecule has 0 amide bonds. The van der Waals surface area contributed by atoms with E-state index >= 15 is 0 Å². The Kier molecular flexibility index (Phi) is 4.15. The number of phenols is 1. The molecule has 0 aliphatic rings. The zero-order chi connectivity index (χ0) is 16.2. The maximum atomic E-state index is 9.30. The van der Waals surface area contributed by atoms with Gasteiger partial charge >= 0.3 is 0 Å². The fourth-order valence-electron chi connectivity index (χ4n) is 2.33. The van der Waals surface area contributed by atoms with Gasteiger partial charge in [-0.05, 0) is 60.7 Å². The highest BCUT2D eigenvalue weighted by Crippen LogP contribution is 2.19. The van der Waals surface area contributed by atoms with Crippen molar-refractivity contribution in [2.75, 3.05) is 19.0 Å². The summed E-state index contributed by atoms with van der Waals surface area (Å²) in [5.74, 6) is 0.244. The van der Waals surface area contributed by atoms with Gasteiger partial charge in [0, 0.05) is 31.7 Å². The van der Waals surface area contributed by atoms with Gasteiger partial charge in [0.05, 0.1) is 17.6 Å². The number of aromatic nitrogens is 1. The van der Waals surface area contributed by atoms with E-state index in [9.17, 15) is 5.11 Å². The Hall–Kier alpha value is -3.01. The molecular formula is C19H19N3O. The minimum Gasteiger partial charge on any atom is -0.508 e. The molecule has 23 heavy (non-hydrogen) atoms. The topological polar surface area (TPSA) is 40.8 Å². The predicted molar refractivity (Wildman–Crippen MR) is 95.5 cm³/mol. The largest absolute Gasteiger partial charge is 0.508 e. The summed E-state index contributed by atoms with van der Waals surface area (Å²) >= 11 is 0. The average molecular weight is 305 g/mol. The number of aliphatic imine (C=N–C) groups is 1. The molecule has 4 heteroatoms. The maximum absolute atomic E-state index is 9.30. The predicted octanol–water partition coefficient (Wildman–Crippen LogP) is 4.00. The number of hydrogen-bond acceptors (Lipinski definition) is 3. The van der Waals surface area contributed by atoms with Crippen LogP contribution in [-0.2, 0) is 0 Å². The highest BCUT2D eigenvalue weighted by Gasteiger charge is 2.02. The van der Waals surface area contributed by atoms with Gasteiger partial charge < -0.3 is 14.6 Å². The lowest BCUT2D eigenvalue weighted by Crippen LogP contribution is -2.08. The Morgan fingerprint density at radius 3 is 2.30 bits per heavy atom. The number of rotatable bonds is 4. The Morgan fingerprint density at radius 2 is 1.65 bits per heavy atom. The summed E-state index contributed by atoms with van der Waals surface area (Å²) in [7, 11) is 4.06. The molecule has 0 radical (unpaired) electrons. The molecule has 1 heterocycles. The minimum absolute atomic E-state index is 0.244. The number of benzene rings is 2. The number of nitrogens with zero attached hydrogens (tertiary/aromatic N) is 3. The van der Waals surface area contributed by atoms with Crippen LogP contribution < -0.4 is 4.90 Å². The Labute approximate surface area is 136 Å².